The van der Waals surface area contributed by atoms with Crippen molar-refractivity contribution in [1.82, 2.24) is 15.2 Å². The van der Waals surface area contributed by atoms with Crippen molar-refractivity contribution >= 4 is 11.9 Å². The van der Waals surface area contributed by atoms with Crippen molar-refractivity contribution in [2.24, 2.45) is 0 Å². The summed E-state index contributed by atoms with van der Waals surface area (Å²) in [5.41, 5.74) is 1.81. The number of amides is 1. The molecule has 1 unspecified atom stereocenters. The Morgan fingerprint density at radius 1 is 1.20 bits per heavy atom. The minimum absolute atomic E-state index is 0.00107. The molecule has 1 aliphatic rings. The molecule has 2 aromatic rings. The van der Waals surface area contributed by atoms with Gasteiger partial charge in [-0.1, -0.05) is 36.4 Å². The van der Waals surface area contributed by atoms with Crippen LogP contribution < -0.4 is 5.32 Å². The van der Waals surface area contributed by atoms with Gasteiger partial charge in [0.2, 0.25) is 0 Å². The van der Waals surface area contributed by atoms with Gasteiger partial charge >= 0.3 is 6.09 Å². The Bertz CT molecular complexity index is 706. The molecule has 1 fully saturated rings. The van der Waals surface area contributed by atoms with Crippen molar-refractivity contribution < 1.29 is 14.3 Å². The zero-order valence-corrected chi connectivity index (χ0v) is 13.9. The van der Waals surface area contributed by atoms with Gasteiger partial charge in [0.1, 0.15) is 6.61 Å². The molecule has 1 N–H and O–H groups in total. The quantitative estimate of drug-likeness (QED) is 0.904. The topological polar surface area (TPSA) is 71.5 Å². The van der Waals surface area contributed by atoms with Crippen molar-refractivity contribution in [3.8, 4) is 0 Å². The number of nitrogens with zero attached hydrogens (tertiary/aromatic N) is 2. The number of rotatable bonds is 5. The monoisotopic (exact) mass is 339 g/mol. The summed E-state index contributed by atoms with van der Waals surface area (Å²) < 4.78 is 5.28. The largest absolute Gasteiger partial charge is 0.445 e. The second-order valence-corrected chi connectivity index (χ2v) is 5.97. The number of benzene rings is 1. The number of hydrogen-bond acceptors (Lipinski definition) is 5. The second kappa shape index (κ2) is 8.39. The van der Waals surface area contributed by atoms with E-state index >= 15 is 0 Å². The summed E-state index contributed by atoms with van der Waals surface area (Å²) in [7, 11) is 0. The first kappa shape index (κ1) is 17.1. The highest BCUT2D eigenvalue weighted by Crippen LogP contribution is 2.11. The molecule has 1 aromatic carbocycles. The number of ether oxygens (including phenoxy) is 1. The lowest BCUT2D eigenvalue weighted by Gasteiger charge is -2.30. The third-order valence-electron chi connectivity index (χ3n) is 4.14. The first-order valence-electron chi connectivity index (χ1n) is 8.34. The summed E-state index contributed by atoms with van der Waals surface area (Å²) in [4.78, 5) is 30.1. The van der Waals surface area contributed by atoms with Gasteiger partial charge in [-0.05, 0) is 24.1 Å². The molecule has 1 saturated heterocycles. The van der Waals surface area contributed by atoms with Crippen LogP contribution in [0.2, 0.25) is 0 Å². The molecule has 0 saturated carbocycles. The summed E-state index contributed by atoms with van der Waals surface area (Å²) >= 11 is 0. The van der Waals surface area contributed by atoms with Crippen molar-refractivity contribution in [2.45, 2.75) is 25.6 Å². The SMILES string of the molecule is O=C1CN(C(=O)OCc2ccccc2)CCC1NCc1ccccn1. The van der Waals surface area contributed by atoms with E-state index in [1.54, 1.807) is 6.20 Å². The van der Waals surface area contributed by atoms with Crippen LogP contribution in [-0.4, -0.2) is 40.9 Å². The lowest BCUT2D eigenvalue weighted by molar-refractivity contribution is -0.124. The number of piperidine rings is 1. The predicted molar refractivity (Wildman–Crippen MR) is 92.7 cm³/mol. The van der Waals surface area contributed by atoms with Gasteiger partial charge in [-0.15, -0.1) is 0 Å². The number of carbonyl (C=O) groups is 2. The molecule has 0 radical (unpaired) electrons. The van der Waals surface area contributed by atoms with E-state index in [2.05, 4.69) is 10.3 Å². The predicted octanol–water partition coefficient (Wildman–Crippen LogP) is 2.15. The maximum Gasteiger partial charge on any atom is 0.410 e. The number of carbonyl (C=O) groups excluding carboxylic acids is 2. The Morgan fingerprint density at radius 2 is 2.00 bits per heavy atom. The molecular formula is C19H21N3O3. The van der Waals surface area contributed by atoms with Crippen LogP contribution in [0, 0.1) is 0 Å². The van der Waals surface area contributed by atoms with E-state index in [9.17, 15) is 9.59 Å². The zero-order valence-electron chi connectivity index (χ0n) is 13.9. The number of aromatic nitrogens is 1. The van der Waals surface area contributed by atoms with E-state index in [1.165, 1.54) is 4.90 Å². The molecular weight excluding hydrogens is 318 g/mol. The molecule has 25 heavy (non-hydrogen) atoms. The van der Waals surface area contributed by atoms with Crippen molar-refractivity contribution in [3.05, 3.63) is 66.0 Å². The third kappa shape index (κ3) is 4.87. The van der Waals surface area contributed by atoms with Crippen LogP contribution in [0.3, 0.4) is 0 Å². The highest BCUT2D eigenvalue weighted by atomic mass is 16.6. The van der Waals surface area contributed by atoms with Crippen molar-refractivity contribution in [3.63, 3.8) is 0 Å². The van der Waals surface area contributed by atoms with Crippen molar-refractivity contribution in [2.75, 3.05) is 13.1 Å². The first-order valence-corrected chi connectivity index (χ1v) is 8.34. The van der Waals surface area contributed by atoms with Gasteiger partial charge < -0.3 is 15.0 Å². The standard InChI is InChI=1S/C19H21N3O3/c23-18-13-22(19(24)25-14-15-6-2-1-3-7-15)11-9-17(18)21-12-16-8-4-5-10-20-16/h1-8,10,17,21H,9,11-14H2. The van der Waals surface area contributed by atoms with Gasteiger partial charge in [0, 0.05) is 19.3 Å². The lowest BCUT2D eigenvalue weighted by atomic mass is 10.0. The van der Waals surface area contributed by atoms with Crippen molar-refractivity contribution in [1.29, 1.82) is 0 Å². The molecule has 0 bridgehead atoms. The molecule has 1 atom stereocenters. The summed E-state index contributed by atoms with van der Waals surface area (Å²) in [5.74, 6) is -0.00107. The van der Waals surface area contributed by atoms with Crippen LogP contribution in [-0.2, 0) is 22.7 Å². The Morgan fingerprint density at radius 3 is 2.72 bits per heavy atom. The number of hydrogen-bond donors (Lipinski definition) is 1. The first-order chi connectivity index (χ1) is 12.2. The normalized spacial score (nSPS) is 17.4. The molecule has 0 aliphatic carbocycles. The summed E-state index contributed by atoms with van der Waals surface area (Å²) in [5, 5.41) is 3.21. The summed E-state index contributed by atoms with van der Waals surface area (Å²) in [6.45, 7) is 1.33. The van der Waals surface area contributed by atoms with Crippen LogP contribution in [0.1, 0.15) is 17.7 Å². The van der Waals surface area contributed by atoms with Gasteiger partial charge in [0.05, 0.1) is 18.3 Å². The smallest absolute Gasteiger partial charge is 0.410 e. The van der Waals surface area contributed by atoms with Gasteiger partial charge in [-0.3, -0.25) is 9.78 Å². The minimum atomic E-state index is -0.444. The fourth-order valence-electron chi connectivity index (χ4n) is 2.74. The highest BCUT2D eigenvalue weighted by molar-refractivity contribution is 5.89. The minimum Gasteiger partial charge on any atom is -0.445 e. The summed E-state index contributed by atoms with van der Waals surface area (Å²) in [6.07, 6.45) is 1.86. The Kier molecular flexibility index (Phi) is 5.74. The molecule has 0 spiro atoms. The molecule has 130 valence electrons. The van der Waals surface area contributed by atoms with Crippen LogP contribution in [0.15, 0.2) is 54.7 Å². The number of pyridine rings is 1. The molecule has 1 aromatic heterocycles. The molecule has 3 rings (SSSR count). The molecule has 1 amide bonds. The Hall–Kier alpha value is -2.73. The maximum absolute atomic E-state index is 12.3. The molecule has 1 aliphatic heterocycles. The Balaban J connectivity index is 1.44. The van der Waals surface area contributed by atoms with E-state index in [-0.39, 0.29) is 25.0 Å². The number of Topliss-reactive ketones (excluding diaryl/α,β-unsaturated/α-hetero) is 1. The van der Waals surface area contributed by atoms with E-state index in [0.29, 0.717) is 19.5 Å². The van der Waals surface area contributed by atoms with Gasteiger partial charge in [-0.2, -0.15) is 0 Å². The van der Waals surface area contributed by atoms with Crippen LogP contribution >= 0.6 is 0 Å². The number of ketones is 1. The lowest BCUT2D eigenvalue weighted by Crippen LogP contribution is -2.51. The molecule has 6 nitrogen and oxygen atoms in total. The zero-order chi connectivity index (χ0) is 17.5. The number of likely N-dealkylation sites (tertiary alicyclic amines) is 1. The van der Waals surface area contributed by atoms with Crippen LogP contribution in [0.5, 0.6) is 0 Å². The maximum atomic E-state index is 12.3. The van der Waals surface area contributed by atoms with E-state index in [0.717, 1.165) is 11.3 Å². The average molecular weight is 339 g/mol. The van der Waals surface area contributed by atoms with Gasteiger partial charge in [0.15, 0.2) is 5.78 Å². The average Bonchev–Trinajstić information content (AvgIpc) is 2.66. The highest BCUT2D eigenvalue weighted by Gasteiger charge is 2.30. The molecule has 6 heteroatoms. The fourth-order valence-corrected chi connectivity index (χ4v) is 2.74. The third-order valence-corrected chi connectivity index (χ3v) is 4.14. The van der Waals surface area contributed by atoms with E-state index in [4.69, 9.17) is 4.74 Å². The fraction of sp³-hybridized carbons (Fsp3) is 0.316. The van der Waals surface area contributed by atoms with Gasteiger partial charge in [0.25, 0.3) is 0 Å². The van der Waals surface area contributed by atoms with E-state index in [1.807, 2.05) is 48.5 Å². The molecule has 2 heterocycles. The number of nitrogens with one attached hydrogen (secondary N) is 1. The van der Waals surface area contributed by atoms with Gasteiger partial charge in [-0.25, -0.2) is 4.79 Å². The second-order valence-electron chi connectivity index (χ2n) is 5.97. The van der Waals surface area contributed by atoms with Crippen LogP contribution in [0.4, 0.5) is 4.79 Å². The Labute approximate surface area is 146 Å². The summed E-state index contributed by atoms with van der Waals surface area (Å²) in [6, 6.07) is 14.9. The van der Waals surface area contributed by atoms with Crippen LogP contribution in [0.25, 0.3) is 0 Å². The van der Waals surface area contributed by atoms with E-state index < -0.39 is 6.09 Å².